The molecule has 0 aromatic heterocycles. The monoisotopic (exact) mass is 430 g/mol. The van der Waals surface area contributed by atoms with Gasteiger partial charge in [-0.05, 0) is 48.5 Å². The van der Waals surface area contributed by atoms with Gasteiger partial charge in [0.25, 0.3) is 15.9 Å². The molecule has 3 aromatic carbocycles. The smallest absolute Gasteiger partial charge is 0.261 e. The molecule has 6 nitrogen and oxygen atoms in total. The van der Waals surface area contributed by atoms with Crippen LogP contribution in [0.5, 0.6) is 5.75 Å². The first-order valence-corrected chi connectivity index (χ1v) is 10.7. The van der Waals surface area contributed by atoms with Crippen LogP contribution < -0.4 is 14.8 Å². The average Bonchev–Trinajstić information content (AvgIpc) is 2.73. The number of carbonyl (C=O) groups excluding carboxylic acids is 1. The lowest BCUT2D eigenvalue weighted by Crippen LogP contribution is -2.28. The number of amides is 1. The molecule has 3 rings (SSSR count). The molecule has 29 heavy (non-hydrogen) atoms. The Morgan fingerprint density at radius 3 is 2.24 bits per heavy atom. The molecule has 0 bridgehead atoms. The summed E-state index contributed by atoms with van der Waals surface area (Å²) in [7, 11) is -3.82. The predicted molar refractivity (Wildman–Crippen MR) is 113 cm³/mol. The SMILES string of the molecule is O=C(NCCOc1ccccc1)c1ccc(S(=O)(=O)Nc2ccccc2Cl)cc1. The van der Waals surface area contributed by atoms with E-state index in [1.54, 1.807) is 24.3 Å². The van der Waals surface area contributed by atoms with Gasteiger partial charge in [-0.2, -0.15) is 0 Å². The Hall–Kier alpha value is -3.03. The van der Waals surface area contributed by atoms with Gasteiger partial charge in [0.2, 0.25) is 0 Å². The zero-order chi connectivity index (χ0) is 20.7. The molecule has 0 atom stereocenters. The number of para-hydroxylation sites is 2. The van der Waals surface area contributed by atoms with E-state index in [1.165, 1.54) is 24.3 Å². The Labute approximate surface area is 174 Å². The van der Waals surface area contributed by atoms with Crippen LogP contribution in [0, 0.1) is 0 Å². The highest BCUT2D eigenvalue weighted by atomic mass is 35.5. The van der Waals surface area contributed by atoms with Crippen molar-refractivity contribution in [1.29, 1.82) is 0 Å². The molecule has 8 heteroatoms. The molecule has 1 amide bonds. The van der Waals surface area contributed by atoms with E-state index in [9.17, 15) is 13.2 Å². The zero-order valence-corrected chi connectivity index (χ0v) is 16.9. The van der Waals surface area contributed by atoms with Gasteiger partial charge in [-0.15, -0.1) is 0 Å². The molecule has 0 aliphatic rings. The largest absolute Gasteiger partial charge is 0.492 e. The van der Waals surface area contributed by atoms with Gasteiger partial charge in [-0.25, -0.2) is 8.42 Å². The highest BCUT2D eigenvalue weighted by Crippen LogP contribution is 2.24. The minimum absolute atomic E-state index is 0.0291. The highest BCUT2D eigenvalue weighted by molar-refractivity contribution is 7.92. The van der Waals surface area contributed by atoms with Crippen LogP contribution >= 0.6 is 11.6 Å². The van der Waals surface area contributed by atoms with Crippen LogP contribution in [-0.2, 0) is 10.0 Å². The van der Waals surface area contributed by atoms with E-state index in [2.05, 4.69) is 10.0 Å². The molecule has 0 fully saturated rings. The van der Waals surface area contributed by atoms with E-state index in [-0.39, 0.29) is 16.5 Å². The van der Waals surface area contributed by atoms with E-state index >= 15 is 0 Å². The number of rotatable bonds is 8. The second-order valence-corrected chi connectivity index (χ2v) is 8.12. The van der Waals surface area contributed by atoms with Crippen LogP contribution in [0.25, 0.3) is 0 Å². The maximum atomic E-state index is 12.5. The van der Waals surface area contributed by atoms with Crippen LogP contribution in [0.4, 0.5) is 5.69 Å². The summed E-state index contributed by atoms with van der Waals surface area (Å²) in [6.07, 6.45) is 0. The van der Waals surface area contributed by atoms with Crippen molar-refractivity contribution in [2.24, 2.45) is 0 Å². The summed E-state index contributed by atoms with van der Waals surface area (Å²) < 4.78 is 32.9. The molecule has 3 aromatic rings. The molecule has 0 saturated heterocycles. The predicted octanol–water partition coefficient (Wildman–Crippen LogP) is 3.95. The maximum absolute atomic E-state index is 12.5. The summed E-state index contributed by atoms with van der Waals surface area (Å²) in [6, 6.07) is 21.5. The van der Waals surface area contributed by atoms with Crippen LogP contribution in [0.3, 0.4) is 0 Å². The molecule has 0 unspecified atom stereocenters. The first kappa shape index (κ1) is 20.7. The lowest BCUT2D eigenvalue weighted by Gasteiger charge is -2.10. The summed E-state index contributed by atoms with van der Waals surface area (Å²) >= 11 is 5.99. The van der Waals surface area contributed by atoms with E-state index in [1.807, 2.05) is 30.3 Å². The number of anilines is 1. The Kier molecular flexibility index (Phi) is 6.74. The van der Waals surface area contributed by atoms with Crippen molar-refractivity contribution in [2.75, 3.05) is 17.9 Å². The van der Waals surface area contributed by atoms with Crippen molar-refractivity contribution >= 4 is 33.2 Å². The lowest BCUT2D eigenvalue weighted by atomic mass is 10.2. The summed E-state index contributed by atoms with van der Waals surface area (Å²) in [4.78, 5) is 12.2. The van der Waals surface area contributed by atoms with E-state index in [0.29, 0.717) is 23.7 Å². The summed E-state index contributed by atoms with van der Waals surface area (Å²) in [5.74, 6) is 0.409. The van der Waals surface area contributed by atoms with Crippen LogP contribution in [-0.4, -0.2) is 27.5 Å². The second kappa shape index (κ2) is 9.45. The van der Waals surface area contributed by atoms with Crippen LogP contribution in [0.2, 0.25) is 5.02 Å². The standard InChI is InChI=1S/C21H19ClN2O4S/c22-19-8-4-5-9-20(19)24-29(26,27)18-12-10-16(11-13-18)21(25)23-14-15-28-17-6-2-1-3-7-17/h1-13,24H,14-15H2,(H,23,25). The van der Waals surface area contributed by atoms with Gasteiger partial charge in [0, 0.05) is 5.56 Å². The fraction of sp³-hybridized carbons (Fsp3) is 0.0952. The van der Waals surface area contributed by atoms with E-state index < -0.39 is 10.0 Å². The number of nitrogens with one attached hydrogen (secondary N) is 2. The second-order valence-electron chi connectivity index (χ2n) is 6.03. The highest BCUT2D eigenvalue weighted by Gasteiger charge is 2.16. The van der Waals surface area contributed by atoms with Gasteiger partial charge >= 0.3 is 0 Å². The first-order chi connectivity index (χ1) is 14.0. The van der Waals surface area contributed by atoms with Gasteiger partial charge in [0.1, 0.15) is 12.4 Å². The molecule has 2 N–H and O–H groups in total. The van der Waals surface area contributed by atoms with Crippen LogP contribution in [0.1, 0.15) is 10.4 Å². The van der Waals surface area contributed by atoms with Gasteiger partial charge in [-0.1, -0.05) is 41.9 Å². The molecule has 0 spiro atoms. The summed E-state index contributed by atoms with van der Waals surface area (Å²) in [5.41, 5.74) is 0.635. The number of benzene rings is 3. The number of sulfonamides is 1. The molecule has 0 saturated carbocycles. The molecule has 0 radical (unpaired) electrons. The van der Waals surface area contributed by atoms with Crippen molar-refractivity contribution in [3.63, 3.8) is 0 Å². The number of ether oxygens (including phenoxy) is 1. The summed E-state index contributed by atoms with van der Waals surface area (Å²) in [5, 5.41) is 3.02. The van der Waals surface area contributed by atoms with Crippen molar-refractivity contribution in [3.8, 4) is 5.75 Å². The third kappa shape index (κ3) is 5.73. The molecule has 0 heterocycles. The molecule has 150 valence electrons. The normalized spacial score (nSPS) is 10.9. The van der Waals surface area contributed by atoms with Crippen molar-refractivity contribution in [1.82, 2.24) is 5.32 Å². The van der Waals surface area contributed by atoms with Crippen molar-refractivity contribution < 1.29 is 17.9 Å². The van der Waals surface area contributed by atoms with Gasteiger partial charge in [0.15, 0.2) is 0 Å². The Balaban J connectivity index is 1.56. The topological polar surface area (TPSA) is 84.5 Å². The molecular weight excluding hydrogens is 412 g/mol. The molecular formula is C21H19ClN2O4S. The zero-order valence-electron chi connectivity index (χ0n) is 15.3. The van der Waals surface area contributed by atoms with Gasteiger partial charge in [0.05, 0.1) is 22.2 Å². The fourth-order valence-electron chi connectivity index (χ4n) is 2.49. The number of halogens is 1. The Morgan fingerprint density at radius 2 is 1.55 bits per heavy atom. The first-order valence-electron chi connectivity index (χ1n) is 8.79. The van der Waals surface area contributed by atoms with Gasteiger partial charge in [-0.3, -0.25) is 9.52 Å². The average molecular weight is 431 g/mol. The number of hydrogen-bond acceptors (Lipinski definition) is 4. The summed E-state index contributed by atoms with van der Waals surface area (Å²) in [6.45, 7) is 0.645. The number of carbonyl (C=O) groups is 1. The lowest BCUT2D eigenvalue weighted by molar-refractivity contribution is 0.0947. The van der Waals surface area contributed by atoms with E-state index in [0.717, 1.165) is 5.75 Å². The van der Waals surface area contributed by atoms with E-state index in [4.69, 9.17) is 16.3 Å². The van der Waals surface area contributed by atoms with Gasteiger partial charge < -0.3 is 10.1 Å². The van der Waals surface area contributed by atoms with Crippen LogP contribution in [0.15, 0.2) is 83.8 Å². The quantitative estimate of drug-likeness (QED) is 0.530. The minimum atomic E-state index is -3.82. The molecule has 0 aliphatic heterocycles. The third-order valence-electron chi connectivity index (χ3n) is 3.94. The maximum Gasteiger partial charge on any atom is 0.261 e. The van der Waals surface area contributed by atoms with Crippen molar-refractivity contribution in [2.45, 2.75) is 4.90 Å². The Bertz CT molecular complexity index is 1070. The third-order valence-corrected chi connectivity index (χ3v) is 5.66. The van der Waals surface area contributed by atoms with Crippen molar-refractivity contribution in [3.05, 3.63) is 89.4 Å². The number of hydrogen-bond donors (Lipinski definition) is 2. The molecule has 0 aliphatic carbocycles. The fourth-order valence-corrected chi connectivity index (χ4v) is 3.80. The minimum Gasteiger partial charge on any atom is -0.492 e. The Morgan fingerprint density at radius 1 is 0.897 bits per heavy atom.